The van der Waals surface area contributed by atoms with Gasteiger partial charge in [-0.25, -0.2) is 13.4 Å². The Morgan fingerprint density at radius 3 is 2.72 bits per heavy atom. The monoisotopic (exact) mass is 368 g/mol. The van der Waals surface area contributed by atoms with Gasteiger partial charge in [0.1, 0.15) is 0 Å². The lowest BCUT2D eigenvalue weighted by Crippen LogP contribution is -2.53. The fraction of sp³-hybridized carbons (Fsp3) is 0.842. The van der Waals surface area contributed by atoms with Gasteiger partial charge in [-0.1, -0.05) is 19.9 Å². The van der Waals surface area contributed by atoms with Crippen molar-refractivity contribution in [3.63, 3.8) is 0 Å². The number of fused-ring (bicyclic) bond motifs is 1. The number of thiol groups is 1. The van der Waals surface area contributed by atoms with E-state index in [1.165, 1.54) is 18.5 Å². The Bertz CT molecular complexity index is 593. The third-order valence-corrected chi connectivity index (χ3v) is 7.06. The average molecular weight is 369 g/mol. The predicted molar refractivity (Wildman–Crippen MR) is 99.3 cm³/mol. The smallest absolute Gasteiger partial charge is 0.247 e. The molecule has 5 nitrogen and oxygen atoms in total. The summed E-state index contributed by atoms with van der Waals surface area (Å²) >= 11 is 0. The van der Waals surface area contributed by atoms with Crippen molar-refractivity contribution in [2.24, 2.45) is 23.7 Å². The van der Waals surface area contributed by atoms with Crippen LogP contribution in [0.4, 0.5) is 0 Å². The van der Waals surface area contributed by atoms with Gasteiger partial charge in [-0.05, 0) is 56.8 Å². The number of allylic oxidation sites excluding steroid dienone is 2. The van der Waals surface area contributed by atoms with Gasteiger partial charge < -0.3 is 5.01 Å². The predicted octanol–water partition coefficient (Wildman–Crippen LogP) is 2.80. The van der Waals surface area contributed by atoms with E-state index in [0.29, 0.717) is 12.3 Å². The first-order valence-electron chi connectivity index (χ1n) is 9.93. The van der Waals surface area contributed by atoms with Crippen molar-refractivity contribution >= 4 is 15.8 Å². The molecule has 142 valence electrons. The molecule has 0 aromatic carbocycles. The summed E-state index contributed by atoms with van der Waals surface area (Å²) in [4.78, 5) is 12.2. The summed E-state index contributed by atoms with van der Waals surface area (Å²) in [5, 5.41) is 4.43. The Balaban J connectivity index is 1.82. The lowest BCUT2D eigenvalue weighted by molar-refractivity contribution is -0.119. The van der Waals surface area contributed by atoms with Gasteiger partial charge >= 0.3 is 0 Å². The molecule has 0 spiro atoms. The quantitative estimate of drug-likeness (QED) is 0.773. The van der Waals surface area contributed by atoms with Crippen molar-refractivity contribution in [2.75, 3.05) is 19.6 Å². The molecular weight excluding hydrogens is 336 g/mol. The van der Waals surface area contributed by atoms with Crippen LogP contribution in [0.3, 0.4) is 0 Å². The molecule has 0 N–H and O–H groups in total. The number of carbonyl (C=O) groups is 1. The molecule has 2 saturated heterocycles. The van der Waals surface area contributed by atoms with E-state index in [2.05, 4.69) is 23.0 Å². The Morgan fingerprint density at radius 2 is 2.04 bits per heavy atom. The SMILES string of the molecule is CCC(C(=O)[SH](=O)=O)C1CCN(N2CCCC(C)C2)C2=CCCCC21. The number of rotatable bonds is 4. The van der Waals surface area contributed by atoms with Crippen LogP contribution in [0, 0.1) is 23.7 Å². The van der Waals surface area contributed by atoms with E-state index in [9.17, 15) is 13.2 Å². The van der Waals surface area contributed by atoms with Crippen LogP contribution in [0.5, 0.6) is 0 Å². The molecule has 6 heteroatoms. The molecule has 0 aromatic heterocycles. The number of carbonyl (C=O) groups excluding carboxylic acids is 1. The van der Waals surface area contributed by atoms with E-state index in [-0.39, 0.29) is 11.8 Å². The van der Waals surface area contributed by atoms with Crippen LogP contribution >= 0.6 is 0 Å². The van der Waals surface area contributed by atoms with E-state index < -0.39 is 15.8 Å². The summed E-state index contributed by atoms with van der Waals surface area (Å²) < 4.78 is 22.6. The second-order valence-electron chi connectivity index (χ2n) is 8.01. The Morgan fingerprint density at radius 1 is 1.24 bits per heavy atom. The van der Waals surface area contributed by atoms with E-state index in [1.807, 2.05) is 6.92 Å². The van der Waals surface area contributed by atoms with Gasteiger partial charge in [0.25, 0.3) is 0 Å². The molecule has 1 aliphatic carbocycles. The molecule has 0 saturated carbocycles. The van der Waals surface area contributed by atoms with Gasteiger partial charge in [-0.3, -0.25) is 4.79 Å². The zero-order valence-electron chi connectivity index (χ0n) is 15.5. The van der Waals surface area contributed by atoms with Gasteiger partial charge in [0.2, 0.25) is 15.8 Å². The number of hydrogen-bond acceptors (Lipinski definition) is 5. The molecule has 0 amide bonds. The number of hydrazine groups is 1. The van der Waals surface area contributed by atoms with Crippen molar-refractivity contribution in [3.05, 3.63) is 11.8 Å². The minimum absolute atomic E-state index is 0.176. The second kappa shape index (κ2) is 8.21. The van der Waals surface area contributed by atoms with E-state index in [1.54, 1.807) is 0 Å². The van der Waals surface area contributed by atoms with Crippen molar-refractivity contribution in [2.45, 2.75) is 58.8 Å². The lowest BCUT2D eigenvalue weighted by Gasteiger charge is -2.51. The molecule has 3 rings (SSSR count). The van der Waals surface area contributed by atoms with Crippen molar-refractivity contribution < 1.29 is 13.2 Å². The van der Waals surface area contributed by atoms with Gasteiger partial charge in [-0.2, -0.15) is 0 Å². The van der Waals surface area contributed by atoms with E-state index >= 15 is 0 Å². The molecular formula is C19H32N2O3S. The largest absolute Gasteiger partial charge is 0.310 e. The third kappa shape index (κ3) is 3.95. The molecule has 3 aliphatic rings. The zero-order valence-corrected chi connectivity index (χ0v) is 16.4. The highest BCUT2D eigenvalue weighted by atomic mass is 32.2. The highest BCUT2D eigenvalue weighted by Gasteiger charge is 2.42. The zero-order chi connectivity index (χ0) is 18.0. The maximum atomic E-state index is 12.2. The maximum Gasteiger partial charge on any atom is 0.247 e. The minimum atomic E-state index is -2.97. The molecule has 4 unspecified atom stereocenters. The maximum absolute atomic E-state index is 12.2. The number of piperidine rings is 2. The average Bonchev–Trinajstić information content (AvgIpc) is 2.62. The normalized spacial score (nSPS) is 32.2. The van der Waals surface area contributed by atoms with Crippen LogP contribution in [0.15, 0.2) is 11.8 Å². The summed E-state index contributed by atoms with van der Waals surface area (Å²) in [5.74, 6) is 0.901. The fourth-order valence-electron chi connectivity index (χ4n) is 5.18. The van der Waals surface area contributed by atoms with Crippen LogP contribution < -0.4 is 0 Å². The van der Waals surface area contributed by atoms with Crippen LogP contribution in [0.1, 0.15) is 58.8 Å². The van der Waals surface area contributed by atoms with Gasteiger partial charge in [0.05, 0.1) is 0 Å². The molecule has 2 fully saturated rings. The van der Waals surface area contributed by atoms with Crippen LogP contribution in [0.25, 0.3) is 0 Å². The standard InChI is InChI=1S/C19H32N2O3S/c1-3-15(19(22)25(23)24)16-10-12-21(18-9-5-4-8-17(16)18)20-11-6-7-14(2)13-20/h9,14-17,25H,3-8,10-13H2,1-2H3. The number of hydrogen-bond donors (Lipinski definition) is 1. The Labute approximate surface area is 153 Å². The number of nitrogens with zero attached hydrogens (tertiary/aromatic N) is 2. The molecule has 4 atom stereocenters. The Hall–Kier alpha value is -0.880. The van der Waals surface area contributed by atoms with Gasteiger partial charge in [0, 0.05) is 37.2 Å². The summed E-state index contributed by atoms with van der Waals surface area (Å²) in [7, 11) is -2.97. The summed E-state index contributed by atoms with van der Waals surface area (Å²) in [5.41, 5.74) is 1.36. The first-order chi connectivity index (χ1) is 12.0. The molecule has 0 radical (unpaired) electrons. The van der Waals surface area contributed by atoms with Crippen molar-refractivity contribution in [1.82, 2.24) is 10.0 Å². The molecule has 2 heterocycles. The summed E-state index contributed by atoms with van der Waals surface area (Å²) in [6, 6.07) is 0. The minimum Gasteiger partial charge on any atom is -0.310 e. The summed E-state index contributed by atoms with van der Waals surface area (Å²) in [6.45, 7) is 7.41. The second-order valence-corrected chi connectivity index (χ2v) is 8.97. The molecule has 0 aromatic rings. The van der Waals surface area contributed by atoms with Crippen molar-refractivity contribution in [3.8, 4) is 0 Å². The topological polar surface area (TPSA) is 57.7 Å². The first kappa shape index (κ1) is 18.9. The van der Waals surface area contributed by atoms with Gasteiger partial charge in [0.15, 0.2) is 0 Å². The highest BCUT2D eigenvalue weighted by molar-refractivity contribution is 7.89. The van der Waals surface area contributed by atoms with Crippen LogP contribution in [0.2, 0.25) is 0 Å². The lowest BCUT2D eigenvalue weighted by atomic mass is 9.71. The third-order valence-electron chi connectivity index (χ3n) is 6.37. The molecule has 25 heavy (non-hydrogen) atoms. The first-order valence-corrected chi connectivity index (χ1v) is 11.1. The van der Waals surface area contributed by atoms with Crippen LogP contribution in [-0.2, 0) is 15.5 Å². The molecule has 0 bridgehead atoms. The van der Waals surface area contributed by atoms with Crippen LogP contribution in [-0.4, -0.2) is 43.2 Å². The fourth-order valence-corrected chi connectivity index (χ4v) is 5.83. The van der Waals surface area contributed by atoms with E-state index in [4.69, 9.17) is 0 Å². The van der Waals surface area contributed by atoms with Crippen molar-refractivity contribution in [1.29, 1.82) is 0 Å². The highest BCUT2D eigenvalue weighted by Crippen LogP contribution is 2.44. The summed E-state index contributed by atoms with van der Waals surface area (Å²) in [6.07, 6.45) is 9.76. The van der Waals surface area contributed by atoms with Gasteiger partial charge in [-0.15, -0.1) is 0 Å². The molecule has 2 aliphatic heterocycles. The van der Waals surface area contributed by atoms with E-state index in [0.717, 1.165) is 51.2 Å². The Kier molecular flexibility index (Phi) is 6.21.